The lowest BCUT2D eigenvalue weighted by molar-refractivity contribution is -0.134. The van der Waals surface area contributed by atoms with Crippen LogP contribution in [0.3, 0.4) is 0 Å². The van der Waals surface area contributed by atoms with Crippen molar-refractivity contribution in [1.82, 2.24) is 0 Å². The number of hydrogen-bond donors (Lipinski definition) is 0. The van der Waals surface area contributed by atoms with Gasteiger partial charge in [-0.15, -0.1) is 0 Å². The molecule has 0 amide bonds. The van der Waals surface area contributed by atoms with E-state index in [0.29, 0.717) is 22.5 Å². The van der Waals surface area contributed by atoms with Gasteiger partial charge in [0.05, 0.1) is 9.86 Å². The fourth-order valence-electron chi connectivity index (χ4n) is 2.07. The summed E-state index contributed by atoms with van der Waals surface area (Å²) < 4.78 is 16.9. The van der Waals surface area contributed by atoms with Crippen molar-refractivity contribution in [3.05, 3.63) is 63.4 Å². The lowest BCUT2D eigenvalue weighted by Gasteiger charge is -2.08. The first-order valence-electron chi connectivity index (χ1n) is 7.27. The lowest BCUT2D eigenvalue weighted by Crippen LogP contribution is -2.07. The predicted octanol–water partition coefficient (Wildman–Crippen LogP) is 4.66. The van der Waals surface area contributed by atoms with Crippen LogP contribution in [-0.2, 0) is 4.79 Å². The fraction of sp³-hybridized carbons (Fsp3) is 0.111. The van der Waals surface area contributed by atoms with E-state index in [2.05, 4.69) is 15.9 Å². The molecular weight excluding hydrogens is 376 g/mol. The number of para-hydroxylation sites is 1. The molecule has 0 saturated heterocycles. The maximum Gasteiger partial charge on any atom is 0.310 e. The Labute approximate surface area is 145 Å². The van der Waals surface area contributed by atoms with Gasteiger partial charge in [0.2, 0.25) is 11.2 Å². The van der Waals surface area contributed by atoms with Gasteiger partial charge in [-0.2, -0.15) is 0 Å². The second kappa shape index (κ2) is 6.88. The van der Waals surface area contributed by atoms with E-state index in [4.69, 9.17) is 13.9 Å². The average Bonchev–Trinajstić information content (AvgIpc) is 2.59. The zero-order valence-electron chi connectivity index (χ0n) is 12.7. The Morgan fingerprint density at radius 3 is 2.71 bits per heavy atom. The van der Waals surface area contributed by atoms with E-state index in [0.717, 1.165) is 4.47 Å². The molecule has 0 saturated carbocycles. The molecule has 0 bridgehead atoms. The third-order valence-corrected chi connectivity index (χ3v) is 3.95. The summed E-state index contributed by atoms with van der Waals surface area (Å²) in [5, 5.41) is 0.343. The highest BCUT2D eigenvalue weighted by molar-refractivity contribution is 9.10. The van der Waals surface area contributed by atoms with Crippen LogP contribution in [0.2, 0.25) is 0 Å². The maximum atomic E-state index is 12.5. The van der Waals surface area contributed by atoms with Crippen molar-refractivity contribution in [2.45, 2.75) is 13.3 Å². The maximum absolute atomic E-state index is 12.5. The molecule has 24 heavy (non-hydrogen) atoms. The Morgan fingerprint density at radius 1 is 1.17 bits per heavy atom. The van der Waals surface area contributed by atoms with Crippen molar-refractivity contribution in [1.29, 1.82) is 0 Å². The molecule has 3 aromatic rings. The summed E-state index contributed by atoms with van der Waals surface area (Å²) in [6.07, 6.45) is 1.51. The highest BCUT2D eigenvalue weighted by Gasteiger charge is 2.12. The lowest BCUT2D eigenvalue weighted by atomic mass is 10.2. The molecule has 2 aromatic carbocycles. The molecule has 1 heterocycles. The van der Waals surface area contributed by atoms with Crippen LogP contribution in [0.1, 0.15) is 13.3 Å². The van der Waals surface area contributed by atoms with E-state index in [1.54, 1.807) is 31.2 Å². The Kier molecular flexibility index (Phi) is 4.66. The van der Waals surface area contributed by atoms with Gasteiger partial charge in [-0.05, 0) is 40.2 Å². The monoisotopic (exact) mass is 388 g/mol. The van der Waals surface area contributed by atoms with Crippen LogP contribution in [0.5, 0.6) is 17.2 Å². The Morgan fingerprint density at radius 2 is 1.96 bits per heavy atom. The number of fused-ring (bicyclic) bond motifs is 1. The van der Waals surface area contributed by atoms with Crippen LogP contribution < -0.4 is 14.9 Å². The van der Waals surface area contributed by atoms with E-state index >= 15 is 0 Å². The smallest absolute Gasteiger partial charge is 0.310 e. The molecule has 0 radical (unpaired) electrons. The average molecular weight is 389 g/mol. The summed E-state index contributed by atoms with van der Waals surface area (Å²) in [7, 11) is 0. The quantitative estimate of drug-likeness (QED) is 0.480. The van der Waals surface area contributed by atoms with Crippen LogP contribution in [-0.4, -0.2) is 5.97 Å². The van der Waals surface area contributed by atoms with Gasteiger partial charge in [0, 0.05) is 12.5 Å². The van der Waals surface area contributed by atoms with Gasteiger partial charge in [-0.1, -0.05) is 19.1 Å². The molecule has 0 aliphatic heterocycles. The summed E-state index contributed by atoms with van der Waals surface area (Å²) in [6, 6.07) is 11.8. The molecule has 0 fully saturated rings. The molecule has 122 valence electrons. The molecular formula is C18H13BrO5. The third kappa shape index (κ3) is 3.33. The first-order chi connectivity index (χ1) is 11.6. The number of ether oxygens (including phenoxy) is 2. The van der Waals surface area contributed by atoms with Crippen LogP contribution >= 0.6 is 15.9 Å². The van der Waals surface area contributed by atoms with E-state index in [-0.39, 0.29) is 23.6 Å². The van der Waals surface area contributed by atoms with Gasteiger partial charge < -0.3 is 13.9 Å². The second-order valence-electron chi connectivity index (χ2n) is 4.95. The predicted molar refractivity (Wildman–Crippen MR) is 92.6 cm³/mol. The summed E-state index contributed by atoms with van der Waals surface area (Å²) in [5.74, 6) is 0.563. The molecule has 0 aliphatic rings. The number of rotatable bonds is 4. The first-order valence-corrected chi connectivity index (χ1v) is 8.06. The van der Waals surface area contributed by atoms with E-state index in [1.807, 2.05) is 12.1 Å². The minimum Gasteiger partial charge on any atom is -0.460 e. The highest BCUT2D eigenvalue weighted by Crippen LogP contribution is 2.29. The normalized spacial score (nSPS) is 10.6. The Bertz CT molecular complexity index is 961. The van der Waals surface area contributed by atoms with Crippen molar-refractivity contribution in [2.75, 3.05) is 0 Å². The van der Waals surface area contributed by atoms with Crippen LogP contribution in [0.25, 0.3) is 11.0 Å². The number of benzene rings is 2. The molecule has 0 aliphatic carbocycles. The largest absolute Gasteiger partial charge is 0.460 e. The molecule has 5 nitrogen and oxygen atoms in total. The summed E-state index contributed by atoms with van der Waals surface area (Å²) in [4.78, 5) is 23.9. The molecule has 6 heteroatoms. The van der Waals surface area contributed by atoms with Crippen LogP contribution in [0, 0.1) is 0 Å². The number of esters is 1. The summed E-state index contributed by atoms with van der Waals surface area (Å²) in [6.45, 7) is 1.70. The zero-order valence-corrected chi connectivity index (χ0v) is 14.3. The standard InChI is InChI=1S/C18H13BrO5/c1-2-17(20)23-11-7-8-12-15(9-11)22-10-16(18(12)21)24-14-6-4-3-5-13(14)19/h3-10H,2H2,1H3. The third-order valence-electron chi connectivity index (χ3n) is 3.29. The topological polar surface area (TPSA) is 65.7 Å². The highest BCUT2D eigenvalue weighted by atomic mass is 79.9. The van der Waals surface area contributed by atoms with Crippen molar-refractivity contribution in [3.8, 4) is 17.2 Å². The molecule has 3 rings (SSSR count). The van der Waals surface area contributed by atoms with Gasteiger partial charge in [0.25, 0.3) is 0 Å². The first kappa shape index (κ1) is 16.3. The summed E-state index contributed by atoms with van der Waals surface area (Å²) in [5.41, 5.74) is 0.0150. The fourth-order valence-corrected chi connectivity index (χ4v) is 2.44. The SMILES string of the molecule is CCC(=O)Oc1ccc2c(=O)c(Oc3ccccc3Br)coc2c1. The number of carbonyl (C=O) groups excluding carboxylic acids is 1. The molecule has 0 unspecified atom stereocenters. The van der Waals surface area contributed by atoms with Crippen LogP contribution in [0.15, 0.2) is 62.4 Å². The van der Waals surface area contributed by atoms with Gasteiger partial charge in [-0.3, -0.25) is 9.59 Å². The molecule has 0 spiro atoms. The number of halogens is 1. The van der Waals surface area contributed by atoms with E-state index < -0.39 is 0 Å². The molecule has 0 N–H and O–H groups in total. The van der Waals surface area contributed by atoms with E-state index in [1.165, 1.54) is 12.3 Å². The van der Waals surface area contributed by atoms with Crippen molar-refractivity contribution in [2.24, 2.45) is 0 Å². The van der Waals surface area contributed by atoms with Gasteiger partial charge in [0.1, 0.15) is 23.3 Å². The van der Waals surface area contributed by atoms with Gasteiger partial charge in [0.15, 0.2) is 0 Å². The van der Waals surface area contributed by atoms with Crippen molar-refractivity contribution in [3.63, 3.8) is 0 Å². The van der Waals surface area contributed by atoms with Crippen molar-refractivity contribution < 1.29 is 18.7 Å². The van der Waals surface area contributed by atoms with Crippen LogP contribution in [0.4, 0.5) is 0 Å². The summed E-state index contributed by atoms with van der Waals surface area (Å²) >= 11 is 3.36. The second-order valence-corrected chi connectivity index (χ2v) is 5.80. The van der Waals surface area contributed by atoms with Gasteiger partial charge >= 0.3 is 5.97 Å². The molecule has 0 atom stereocenters. The van der Waals surface area contributed by atoms with Crippen molar-refractivity contribution >= 4 is 32.9 Å². The minimum atomic E-state index is -0.356. The zero-order chi connectivity index (χ0) is 17.1. The minimum absolute atomic E-state index is 0.0766. The Hall–Kier alpha value is -2.60. The van der Waals surface area contributed by atoms with Gasteiger partial charge in [-0.25, -0.2) is 0 Å². The number of carbonyl (C=O) groups is 1. The Balaban J connectivity index is 1.96. The van der Waals surface area contributed by atoms with E-state index in [9.17, 15) is 9.59 Å². The molecule has 1 aromatic heterocycles. The number of hydrogen-bond acceptors (Lipinski definition) is 5.